The number of carbonyl (C=O) groups excluding carboxylic acids is 1. The Morgan fingerprint density at radius 2 is 1.71 bits per heavy atom. The lowest BCUT2D eigenvalue weighted by Gasteiger charge is -2.16. The monoisotopic (exact) mass is 342 g/mol. The van der Waals surface area contributed by atoms with E-state index < -0.39 is 17.9 Å². The van der Waals surface area contributed by atoms with Gasteiger partial charge >= 0.3 is 12.0 Å². The fourth-order valence-corrected chi connectivity index (χ4v) is 2.01. The van der Waals surface area contributed by atoms with Crippen LogP contribution in [0.15, 0.2) is 12.1 Å². The summed E-state index contributed by atoms with van der Waals surface area (Å²) in [6.45, 7) is -0.310. The molecule has 0 fully saturated rings. The Morgan fingerprint density at radius 1 is 1.12 bits per heavy atom. The first kappa shape index (κ1) is 19.4. The van der Waals surface area contributed by atoms with Gasteiger partial charge in [0.25, 0.3) is 0 Å². The third-order valence-electron chi connectivity index (χ3n) is 3.20. The van der Waals surface area contributed by atoms with Crippen molar-refractivity contribution in [1.29, 1.82) is 0 Å². The van der Waals surface area contributed by atoms with Gasteiger partial charge in [0, 0.05) is 31.2 Å². The average molecular weight is 342 g/mol. The SMILES string of the molecule is COc1cc(NC(=O)NCC(CO)CC(=O)O)cc(OC)c1OC. The Morgan fingerprint density at radius 3 is 2.12 bits per heavy atom. The second-order valence-corrected chi connectivity index (χ2v) is 4.90. The van der Waals surface area contributed by atoms with Crippen LogP contribution in [0.1, 0.15) is 6.42 Å². The Labute approximate surface area is 139 Å². The molecule has 0 aliphatic rings. The molecule has 24 heavy (non-hydrogen) atoms. The zero-order valence-corrected chi connectivity index (χ0v) is 13.8. The molecule has 1 atom stereocenters. The maximum absolute atomic E-state index is 11.9. The third-order valence-corrected chi connectivity index (χ3v) is 3.20. The third kappa shape index (κ3) is 5.51. The quantitative estimate of drug-likeness (QED) is 0.525. The highest BCUT2D eigenvalue weighted by Gasteiger charge is 2.16. The molecule has 1 aromatic carbocycles. The van der Waals surface area contributed by atoms with Crippen LogP contribution in [0.5, 0.6) is 17.2 Å². The van der Waals surface area contributed by atoms with Crippen LogP contribution in [0.3, 0.4) is 0 Å². The molecule has 0 saturated carbocycles. The summed E-state index contributed by atoms with van der Waals surface area (Å²) in [5.41, 5.74) is 0.404. The van der Waals surface area contributed by atoms with Gasteiger partial charge in [-0.15, -0.1) is 0 Å². The molecule has 0 aliphatic carbocycles. The number of benzene rings is 1. The molecule has 0 aliphatic heterocycles. The molecular weight excluding hydrogens is 320 g/mol. The van der Waals surface area contributed by atoms with Crippen molar-refractivity contribution in [3.05, 3.63) is 12.1 Å². The van der Waals surface area contributed by atoms with Crippen LogP contribution in [0.2, 0.25) is 0 Å². The molecule has 0 bridgehead atoms. The summed E-state index contributed by atoms with van der Waals surface area (Å²) in [5.74, 6) is -0.445. The summed E-state index contributed by atoms with van der Waals surface area (Å²) in [5, 5.41) is 22.9. The number of aliphatic hydroxyl groups is 1. The van der Waals surface area contributed by atoms with E-state index in [0.29, 0.717) is 22.9 Å². The molecule has 1 aromatic rings. The summed E-state index contributed by atoms with van der Waals surface area (Å²) in [7, 11) is 4.38. The van der Waals surface area contributed by atoms with Crippen LogP contribution in [-0.2, 0) is 4.79 Å². The Hall–Kier alpha value is -2.68. The molecule has 2 amide bonds. The van der Waals surface area contributed by atoms with E-state index in [-0.39, 0.29) is 19.6 Å². The first-order valence-corrected chi connectivity index (χ1v) is 7.12. The smallest absolute Gasteiger partial charge is 0.319 e. The number of carboxylic acids is 1. The summed E-state index contributed by atoms with van der Waals surface area (Å²) in [6.07, 6.45) is -0.235. The van der Waals surface area contributed by atoms with Crippen LogP contribution in [0, 0.1) is 5.92 Å². The molecule has 0 heterocycles. The van der Waals surface area contributed by atoms with Crippen LogP contribution in [0.4, 0.5) is 10.5 Å². The number of urea groups is 1. The minimum Gasteiger partial charge on any atom is -0.493 e. The van der Waals surface area contributed by atoms with Crippen molar-refractivity contribution in [2.45, 2.75) is 6.42 Å². The number of methoxy groups -OCH3 is 3. The molecule has 0 radical (unpaired) electrons. The van der Waals surface area contributed by atoms with Gasteiger partial charge in [0.15, 0.2) is 11.5 Å². The van der Waals surface area contributed by atoms with E-state index in [9.17, 15) is 9.59 Å². The fourth-order valence-electron chi connectivity index (χ4n) is 2.01. The maximum atomic E-state index is 11.9. The van der Waals surface area contributed by atoms with Gasteiger partial charge in [0.2, 0.25) is 5.75 Å². The van der Waals surface area contributed by atoms with Gasteiger partial charge in [-0.1, -0.05) is 0 Å². The van der Waals surface area contributed by atoms with Gasteiger partial charge in [0.1, 0.15) is 0 Å². The summed E-state index contributed by atoms with van der Waals surface area (Å²) >= 11 is 0. The minimum atomic E-state index is -1.04. The number of amides is 2. The maximum Gasteiger partial charge on any atom is 0.319 e. The van der Waals surface area contributed by atoms with Crippen molar-refractivity contribution in [3.63, 3.8) is 0 Å². The molecule has 9 nitrogen and oxygen atoms in total. The standard InChI is InChI=1S/C15H22N2O7/c1-22-11-5-10(6-12(23-2)14(11)24-3)17-15(21)16-7-9(8-18)4-13(19)20/h5-6,9,18H,4,7-8H2,1-3H3,(H,19,20)(H2,16,17,21). The summed E-state index contributed by atoms with van der Waals surface area (Å²) in [6, 6.07) is 2.57. The number of carbonyl (C=O) groups is 2. The number of anilines is 1. The Balaban J connectivity index is 2.74. The Kier molecular flexibility index (Phi) is 7.63. The van der Waals surface area contributed by atoms with Gasteiger partial charge in [-0.05, 0) is 0 Å². The number of hydrogen-bond acceptors (Lipinski definition) is 6. The van der Waals surface area contributed by atoms with Crippen LogP contribution in [0.25, 0.3) is 0 Å². The molecule has 134 valence electrons. The van der Waals surface area contributed by atoms with Crippen molar-refractivity contribution in [2.24, 2.45) is 5.92 Å². The molecule has 0 spiro atoms. The normalized spacial score (nSPS) is 11.3. The highest BCUT2D eigenvalue weighted by molar-refractivity contribution is 5.90. The number of hydrogen-bond donors (Lipinski definition) is 4. The van der Waals surface area contributed by atoms with Crippen LogP contribution < -0.4 is 24.8 Å². The second kappa shape index (κ2) is 9.46. The highest BCUT2D eigenvalue weighted by atomic mass is 16.5. The molecule has 1 unspecified atom stereocenters. The molecule has 4 N–H and O–H groups in total. The predicted octanol–water partition coefficient (Wildman–Crippen LogP) is 0.917. The van der Waals surface area contributed by atoms with E-state index in [2.05, 4.69) is 10.6 Å². The van der Waals surface area contributed by atoms with E-state index in [4.69, 9.17) is 24.4 Å². The molecular formula is C15H22N2O7. The topological polar surface area (TPSA) is 126 Å². The lowest BCUT2D eigenvalue weighted by Crippen LogP contribution is -2.35. The second-order valence-electron chi connectivity index (χ2n) is 4.90. The summed E-state index contributed by atoms with van der Waals surface area (Å²) < 4.78 is 15.6. The van der Waals surface area contributed by atoms with Crippen molar-refractivity contribution < 1.29 is 34.0 Å². The zero-order valence-electron chi connectivity index (χ0n) is 13.8. The van der Waals surface area contributed by atoms with Crippen molar-refractivity contribution >= 4 is 17.7 Å². The minimum absolute atomic E-state index is 0.0268. The van der Waals surface area contributed by atoms with Crippen molar-refractivity contribution in [2.75, 3.05) is 39.8 Å². The van der Waals surface area contributed by atoms with Gasteiger partial charge in [-0.2, -0.15) is 0 Å². The molecule has 0 saturated heterocycles. The number of rotatable bonds is 9. The fraction of sp³-hybridized carbons (Fsp3) is 0.467. The number of aliphatic hydroxyl groups excluding tert-OH is 1. The largest absolute Gasteiger partial charge is 0.493 e. The van der Waals surface area contributed by atoms with Gasteiger partial charge in [-0.3, -0.25) is 4.79 Å². The van der Waals surface area contributed by atoms with Gasteiger partial charge < -0.3 is 35.1 Å². The molecule has 9 heteroatoms. The number of carboxylic acid groups (broad SMARTS) is 1. The first-order chi connectivity index (χ1) is 11.4. The van der Waals surface area contributed by atoms with Gasteiger partial charge in [-0.25, -0.2) is 4.79 Å². The lowest BCUT2D eigenvalue weighted by molar-refractivity contribution is -0.138. The first-order valence-electron chi connectivity index (χ1n) is 7.12. The average Bonchev–Trinajstić information content (AvgIpc) is 2.57. The zero-order chi connectivity index (χ0) is 18.1. The number of aliphatic carboxylic acids is 1. The molecule has 0 aromatic heterocycles. The van der Waals surface area contributed by atoms with Gasteiger partial charge in [0.05, 0.1) is 33.4 Å². The number of nitrogens with one attached hydrogen (secondary N) is 2. The van der Waals surface area contributed by atoms with Crippen molar-refractivity contribution in [1.82, 2.24) is 5.32 Å². The van der Waals surface area contributed by atoms with Crippen LogP contribution in [-0.4, -0.2) is 56.7 Å². The van der Waals surface area contributed by atoms with E-state index in [0.717, 1.165) is 0 Å². The van der Waals surface area contributed by atoms with Crippen molar-refractivity contribution in [3.8, 4) is 17.2 Å². The van der Waals surface area contributed by atoms with Crippen LogP contribution >= 0.6 is 0 Å². The summed E-state index contributed by atoms with van der Waals surface area (Å²) in [4.78, 5) is 22.5. The number of ether oxygens (including phenoxy) is 3. The molecule has 1 rings (SSSR count). The Bertz CT molecular complexity index is 552. The van der Waals surface area contributed by atoms with E-state index >= 15 is 0 Å². The lowest BCUT2D eigenvalue weighted by atomic mass is 10.1. The highest BCUT2D eigenvalue weighted by Crippen LogP contribution is 2.39. The predicted molar refractivity (Wildman–Crippen MR) is 85.9 cm³/mol. The van der Waals surface area contributed by atoms with E-state index in [1.807, 2.05) is 0 Å². The van der Waals surface area contributed by atoms with E-state index in [1.165, 1.54) is 21.3 Å². The van der Waals surface area contributed by atoms with E-state index in [1.54, 1.807) is 12.1 Å².